The molecule has 2 amide bonds. The first kappa shape index (κ1) is 19.1. The SMILES string of the molecule is O=C1NC(=O)C(c2c[nH]c3sccc23)=C1c1nc(N2CCn3ncnc3C2)nc2ccccc12. The lowest BCUT2D eigenvalue weighted by Crippen LogP contribution is -2.35. The normalized spacial score (nSPS) is 16.1. The number of anilines is 1. The van der Waals surface area contributed by atoms with Crippen LogP contribution >= 0.6 is 11.3 Å². The molecule has 2 aliphatic heterocycles. The van der Waals surface area contributed by atoms with Crippen LogP contribution in [0.3, 0.4) is 0 Å². The molecule has 10 nitrogen and oxygen atoms in total. The van der Waals surface area contributed by atoms with Crippen molar-refractivity contribution in [2.75, 3.05) is 11.4 Å². The summed E-state index contributed by atoms with van der Waals surface area (Å²) >= 11 is 1.54. The quantitative estimate of drug-likeness (QED) is 0.390. The minimum atomic E-state index is -0.460. The number of rotatable bonds is 3. The number of carbonyl (C=O) groups excluding carboxylic acids is 2. The van der Waals surface area contributed by atoms with Gasteiger partial charge < -0.3 is 9.88 Å². The molecule has 0 aliphatic carbocycles. The van der Waals surface area contributed by atoms with Gasteiger partial charge in [-0.1, -0.05) is 18.2 Å². The lowest BCUT2D eigenvalue weighted by Gasteiger charge is -2.27. The molecule has 166 valence electrons. The Bertz CT molecular complexity index is 1680. The first-order valence-electron chi connectivity index (χ1n) is 10.7. The number of fused-ring (bicyclic) bond motifs is 3. The number of H-pyrrole nitrogens is 1. The van der Waals surface area contributed by atoms with Crippen molar-refractivity contribution >= 4 is 61.4 Å². The molecule has 0 spiro atoms. The number of para-hydroxylation sites is 1. The van der Waals surface area contributed by atoms with E-state index in [2.05, 4.69) is 20.4 Å². The van der Waals surface area contributed by atoms with Crippen LogP contribution < -0.4 is 10.2 Å². The highest BCUT2D eigenvalue weighted by Gasteiger charge is 2.36. The van der Waals surface area contributed by atoms with E-state index in [4.69, 9.17) is 9.97 Å². The van der Waals surface area contributed by atoms with E-state index >= 15 is 0 Å². The summed E-state index contributed by atoms with van der Waals surface area (Å²) < 4.78 is 1.86. The van der Waals surface area contributed by atoms with Gasteiger partial charge in [0, 0.05) is 29.1 Å². The van der Waals surface area contributed by atoms with Gasteiger partial charge in [-0.15, -0.1) is 11.3 Å². The predicted octanol–water partition coefficient (Wildman–Crippen LogP) is 2.35. The lowest BCUT2D eigenvalue weighted by atomic mass is 9.97. The van der Waals surface area contributed by atoms with Crippen molar-refractivity contribution in [1.29, 1.82) is 0 Å². The van der Waals surface area contributed by atoms with Gasteiger partial charge in [0.1, 0.15) is 17.0 Å². The van der Waals surface area contributed by atoms with E-state index in [-0.39, 0.29) is 5.57 Å². The van der Waals surface area contributed by atoms with Crippen molar-refractivity contribution in [3.8, 4) is 0 Å². The second-order valence-corrected chi connectivity index (χ2v) is 9.03. The van der Waals surface area contributed by atoms with Gasteiger partial charge in [-0.05, 0) is 17.5 Å². The largest absolute Gasteiger partial charge is 0.352 e. The molecule has 11 heteroatoms. The van der Waals surface area contributed by atoms with E-state index in [0.29, 0.717) is 53.3 Å². The fourth-order valence-corrected chi connectivity index (χ4v) is 5.40. The van der Waals surface area contributed by atoms with Crippen molar-refractivity contribution in [3.63, 3.8) is 0 Å². The zero-order valence-corrected chi connectivity index (χ0v) is 18.5. The standard InChI is InChI=1S/C23H16N8O2S/c32-20-17(14-9-24-22-12(14)5-8-34-22)18(21(33)29-20)19-13-3-1-2-4-15(13)27-23(28-19)30-6-7-31-16(10-30)25-11-26-31/h1-5,8-9,11,24H,6-7,10H2,(H,29,32,33). The maximum atomic E-state index is 13.1. The van der Waals surface area contributed by atoms with Crippen LogP contribution in [0.4, 0.5) is 5.95 Å². The zero-order valence-electron chi connectivity index (χ0n) is 17.6. The second kappa shape index (κ2) is 7.06. The molecule has 2 N–H and O–H groups in total. The Hall–Kier alpha value is -4.38. The first-order valence-corrected chi connectivity index (χ1v) is 11.6. The second-order valence-electron chi connectivity index (χ2n) is 8.11. The van der Waals surface area contributed by atoms with E-state index in [1.807, 2.05) is 45.3 Å². The summed E-state index contributed by atoms with van der Waals surface area (Å²) in [5, 5.41) is 10.3. The molecular weight excluding hydrogens is 452 g/mol. The number of nitrogens with zero attached hydrogens (tertiary/aromatic N) is 6. The molecule has 1 aromatic carbocycles. The number of imide groups is 1. The first-order chi connectivity index (χ1) is 16.7. The van der Waals surface area contributed by atoms with Crippen LogP contribution in [0.25, 0.3) is 32.3 Å². The summed E-state index contributed by atoms with van der Waals surface area (Å²) in [5.74, 6) is 0.419. The molecule has 5 aromatic rings. The highest BCUT2D eigenvalue weighted by atomic mass is 32.1. The van der Waals surface area contributed by atoms with Crippen LogP contribution in [0.5, 0.6) is 0 Å². The minimum Gasteiger partial charge on any atom is -0.352 e. The molecule has 6 heterocycles. The molecule has 0 unspecified atom stereocenters. The summed E-state index contributed by atoms with van der Waals surface area (Å²) in [4.78, 5) is 46.2. The van der Waals surface area contributed by atoms with Crippen LogP contribution in [-0.2, 0) is 22.7 Å². The van der Waals surface area contributed by atoms with Crippen LogP contribution in [0.1, 0.15) is 17.1 Å². The van der Waals surface area contributed by atoms with Crippen molar-refractivity contribution in [1.82, 2.24) is 35.0 Å². The van der Waals surface area contributed by atoms with Gasteiger partial charge in [0.25, 0.3) is 11.8 Å². The molecule has 2 aliphatic rings. The van der Waals surface area contributed by atoms with Gasteiger partial charge in [-0.3, -0.25) is 14.9 Å². The molecule has 0 saturated heterocycles. The van der Waals surface area contributed by atoms with E-state index in [0.717, 1.165) is 16.0 Å². The third-order valence-corrected chi connectivity index (χ3v) is 7.07. The Kier molecular flexibility index (Phi) is 3.97. The molecule has 34 heavy (non-hydrogen) atoms. The number of carbonyl (C=O) groups is 2. The van der Waals surface area contributed by atoms with E-state index in [9.17, 15) is 9.59 Å². The molecule has 0 bridgehead atoms. The van der Waals surface area contributed by atoms with Gasteiger partial charge in [-0.25, -0.2) is 19.6 Å². The Labute approximate surface area is 196 Å². The monoisotopic (exact) mass is 468 g/mol. The average molecular weight is 469 g/mol. The fraction of sp³-hybridized carbons (Fsp3) is 0.130. The van der Waals surface area contributed by atoms with Gasteiger partial charge >= 0.3 is 0 Å². The molecule has 0 atom stereocenters. The number of nitrogens with one attached hydrogen (secondary N) is 2. The Morgan fingerprint density at radius 1 is 0.971 bits per heavy atom. The van der Waals surface area contributed by atoms with Gasteiger partial charge in [0.15, 0.2) is 0 Å². The highest BCUT2D eigenvalue weighted by Crippen LogP contribution is 2.38. The highest BCUT2D eigenvalue weighted by molar-refractivity contribution is 7.16. The van der Waals surface area contributed by atoms with Gasteiger partial charge in [-0.2, -0.15) is 5.10 Å². The molecule has 4 aromatic heterocycles. The van der Waals surface area contributed by atoms with Crippen LogP contribution in [0.15, 0.2) is 48.2 Å². The summed E-state index contributed by atoms with van der Waals surface area (Å²) in [6.45, 7) is 1.81. The Morgan fingerprint density at radius 3 is 2.79 bits per heavy atom. The number of hydrogen-bond acceptors (Lipinski definition) is 8. The van der Waals surface area contributed by atoms with Crippen molar-refractivity contribution < 1.29 is 9.59 Å². The third-order valence-electron chi connectivity index (χ3n) is 6.22. The lowest BCUT2D eigenvalue weighted by molar-refractivity contribution is -0.122. The zero-order chi connectivity index (χ0) is 22.8. The number of amides is 2. The fourth-order valence-electron chi connectivity index (χ4n) is 4.62. The molecule has 0 saturated carbocycles. The summed E-state index contributed by atoms with van der Waals surface area (Å²) in [7, 11) is 0. The average Bonchev–Trinajstić information content (AvgIpc) is 3.62. The molecule has 0 fully saturated rings. The number of hydrogen-bond donors (Lipinski definition) is 2. The van der Waals surface area contributed by atoms with Gasteiger partial charge in [0.2, 0.25) is 5.95 Å². The van der Waals surface area contributed by atoms with E-state index in [1.165, 1.54) is 0 Å². The Balaban J connectivity index is 1.46. The number of aromatic amines is 1. The van der Waals surface area contributed by atoms with Crippen molar-refractivity contribution in [2.45, 2.75) is 13.1 Å². The summed E-state index contributed by atoms with van der Waals surface area (Å²) in [6.07, 6.45) is 3.32. The number of benzene rings is 1. The molecule has 7 rings (SSSR count). The van der Waals surface area contributed by atoms with E-state index in [1.54, 1.807) is 23.9 Å². The predicted molar refractivity (Wildman–Crippen MR) is 127 cm³/mol. The van der Waals surface area contributed by atoms with E-state index < -0.39 is 11.8 Å². The Morgan fingerprint density at radius 2 is 1.85 bits per heavy atom. The molecule has 0 radical (unpaired) electrons. The minimum absolute atomic E-state index is 0.261. The van der Waals surface area contributed by atoms with Crippen molar-refractivity contribution in [3.05, 3.63) is 65.3 Å². The number of aromatic nitrogens is 6. The van der Waals surface area contributed by atoms with Crippen molar-refractivity contribution in [2.24, 2.45) is 0 Å². The molecular formula is C23H16N8O2S. The third kappa shape index (κ3) is 2.73. The van der Waals surface area contributed by atoms with Gasteiger partial charge in [0.05, 0.1) is 35.4 Å². The number of thiophene rings is 1. The topological polar surface area (TPSA) is 122 Å². The maximum absolute atomic E-state index is 13.1. The summed E-state index contributed by atoms with van der Waals surface area (Å²) in [5.41, 5.74) is 2.41. The van der Waals surface area contributed by atoms with Crippen LogP contribution in [0.2, 0.25) is 0 Å². The smallest absolute Gasteiger partial charge is 0.261 e. The summed E-state index contributed by atoms with van der Waals surface area (Å²) in [6, 6.07) is 9.48. The van der Waals surface area contributed by atoms with Crippen LogP contribution in [-0.4, -0.2) is 48.1 Å². The van der Waals surface area contributed by atoms with Crippen LogP contribution in [0, 0.1) is 0 Å². The maximum Gasteiger partial charge on any atom is 0.261 e.